The van der Waals surface area contributed by atoms with E-state index in [2.05, 4.69) is 0 Å². The van der Waals surface area contributed by atoms with Crippen LogP contribution >= 0.6 is 0 Å². The molecule has 0 spiro atoms. The second-order valence-corrected chi connectivity index (χ2v) is 4.63. The lowest BCUT2D eigenvalue weighted by molar-refractivity contribution is -0.144. The van der Waals surface area contributed by atoms with Crippen molar-refractivity contribution in [3.8, 4) is 5.75 Å². The predicted octanol–water partition coefficient (Wildman–Crippen LogP) is 3.52. The summed E-state index contributed by atoms with van der Waals surface area (Å²) >= 11 is 0. The summed E-state index contributed by atoms with van der Waals surface area (Å²) in [4.78, 5) is 11.5. The summed E-state index contributed by atoms with van der Waals surface area (Å²) in [5, 5.41) is 0. The van der Waals surface area contributed by atoms with Crippen LogP contribution in [-0.4, -0.2) is 19.2 Å². The highest BCUT2D eigenvalue weighted by Gasteiger charge is 2.05. The average Bonchev–Trinajstić information content (AvgIpc) is 2.51. The van der Waals surface area contributed by atoms with E-state index in [1.54, 1.807) is 24.3 Å². The number of aryl methyl sites for hydroxylation is 1. The molecule has 0 unspecified atom stereocenters. The number of hydrogen-bond acceptors (Lipinski definition) is 3. The monoisotopic (exact) mass is 306 g/mol. The van der Waals surface area contributed by atoms with Crippen molar-refractivity contribution in [3.05, 3.63) is 65.7 Å². The number of hydrogen-bond donors (Lipinski definition) is 0. The number of ether oxygens (including phenoxy) is 2. The van der Waals surface area contributed by atoms with E-state index in [9.17, 15) is 13.6 Å². The van der Waals surface area contributed by atoms with Gasteiger partial charge < -0.3 is 9.47 Å². The Labute approximate surface area is 127 Å². The normalized spacial score (nSPS) is 10.3. The molecular weight excluding hydrogens is 290 g/mol. The number of carbonyl (C=O) groups excluding carboxylic acids is 1. The molecule has 2 rings (SSSR count). The van der Waals surface area contributed by atoms with E-state index in [0.29, 0.717) is 6.42 Å². The Morgan fingerprint density at radius 2 is 1.82 bits per heavy atom. The van der Waals surface area contributed by atoms with Crippen LogP contribution in [0.1, 0.15) is 12.0 Å². The molecule has 0 saturated carbocycles. The molecule has 0 aliphatic heterocycles. The highest BCUT2D eigenvalue weighted by atomic mass is 19.1. The lowest BCUT2D eigenvalue weighted by Gasteiger charge is -2.08. The van der Waals surface area contributed by atoms with E-state index in [1.165, 1.54) is 24.3 Å². The second-order valence-electron chi connectivity index (χ2n) is 4.63. The van der Waals surface area contributed by atoms with Crippen LogP contribution in [0.5, 0.6) is 5.75 Å². The van der Waals surface area contributed by atoms with E-state index in [0.717, 1.165) is 5.56 Å². The Kier molecular flexibility index (Phi) is 5.89. The van der Waals surface area contributed by atoms with Crippen molar-refractivity contribution in [2.45, 2.75) is 12.8 Å². The molecule has 0 aliphatic carbocycles. The minimum absolute atomic E-state index is 0.0380. The number of carbonyl (C=O) groups is 1. The maximum atomic E-state index is 13.3. The third kappa shape index (κ3) is 5.16. The van der Waals surface area contributed by atoms with Gasteiger partial charge in [-0.15, -0.1) is 0 Å². The third-order valence-corrected chi connectivity index (χ3v) is 2.95. The van der Waals surface area contributed by atoms with Gasteiger partial charge in [0, 0.05) is 6.42 Å². The van der Waals surface area contributed by atoms with Gasteiger partial charge in [-0.05, 0) is 36.2 Å². The fourth-order valence-electron chi connectivity index (χ4n) is 1.88. The Balaban J connectivity index is 1.65. The zero-order valence-corrected chi connectivity index (χ0v) is 11.9. The van der Waals surface area contributed by atoms with Crippen molar-refractivity contribution in [2.75, 3.05) is 13.2 Å². The molecule has 22 heavy (non-hydrogen) atoms. The molecule has 0 heterocycles. The van der Waals surface area contributed by atoms with Gasteiger partial charge in [0.1, 0.15) is 19.0 Å². The molecule has 0 aliphatic rings. The molecule has 0 aromatic heterocycles. The van der Waals surface area contributed by atoms with Crippen molar-refractivity contribution < 1.29 is 23.0 Å². The lowest BCUT2D eigenvalue weighted by atomic mass is 10.1. The Bertz CT molecular complexity index is 629. The van der Waals surface area contributed by atoms with Crippen molar-refractivity contribution >= 4 is 5.97 Å². The minimum atomic E-state index is -0.458. The van der Waals surface area contributed by atoms with Crippen molar-refractivity contribution in [1.82, 2.24) is 0 Å². The summed E-state index contributed by atoms with van der Waals surface area (Å²) < 4.78 is 36.4. The van der Waals surface area contributed by atoms with Crippen LogP contribution < -0.4 is 4.74 Å². The molecule has 3 nitrogen and oxygen atoms in total. The van der Waals surface area contributed by atoms with E-state index in [4.69, 9.17) is 9.47 Å². The van der Waals surface area contributed by atoms with Crippen LogP contribution in [-0.2, 0) is 16.0 Å². The summed E-state index contributed by atoms with van der Waals surface area (Å²) in [6, 6.07) is 12.1. The number of esters is 1. The van der Waals surface area contributed by atoms with Crippen LogP contribution in [0.25, 0.3) is 0 Å². The first-order valence-corrected chi connectivity index (χ1v) is 6.92. The Morgan fingerprint density at radius 1 is 1.00 bits per heavy atom. The van der Waals surface area contributed by atoms with Crippen molar-refractivity contribution in [1.29, 1.82) is 0 Å². The first-order valence-electron chi connectivity index (χ1n) is 6.92. The molecule has 2 aromatic rings. The number of para-hydroxylation sites is 1. The zero-order valence-electron chi connectivity index (χ0n) is 11.9. The molecule has 2 aromatic carbocycles. The summed E-state index contributed by atoms with van der Waals surface area (Å²) in [6.45, 7) is 0.114. The smallest absolute Gasteiger partial charge is 0.306 e. The molecule has 0 N–H and O–H groups in total. The van der Waals surface area contributed by atoms with Crippen LogP contribution in [0.4, 0.5) is 8.78 Å². The van der Waals surface area contributed by atoms with Gasteiger partial charge >= 0.3 is 5.97 Å². The van der Waals surface area contributed by atoms with Gasteiger partial charge in [-0.1, -0.05) is 24.3 Å². The molecular formula is C17H16F2O3. The summed E-state index contributed by atoms with van der Waals surface area (Å²) in [5.41, 5.74) is 0.736. The SMILES string of the molecule is O=C(CCc1cccc(F)c1)OCCOc1ccccc1F. The molecule has 0 radical (unpaired) electrons. The highest BCUT2D eigenvalue weighted by molar-refractivity contribution is 5.69. The van der Waals surface area contributed by atoms with Crippen molar-refractivity contribution in [3.63, 3.8) is 0 Å². The van der Waals surface area contributed by atoms with E-state index in [-0.39, 0.29) is 31.2 Å². The molecule has 0 saturated heterocycles. The molecule has 0 bridgehead atoms. The molecule has 5 heteroatoms. The van der Waals surface area contributed by atoms with E-state index >= 15 is 0 Å². The minimum Gasteiger partial charge on any atom is -0.487 e. The average molecular weight is 306 g/mol. The number of rotatable bonds is 7. The quantitative estimate of drug-likeness (QED) is 0.580. The first kappa shape index (κ1) is 15.9. The Hall–Kier alpha value is -2.43. The van der Waals surface area contributed by atoms with Crippen LogP contribution in [0.15, 0.2) is 48.5 Å². The maximum Gasteiger partial charge on any atom is 0.306 e. The lowest BCUT2D eigenvalue weighted by Crippen LogP contribution is -2.13. The second kappa shape index (κ2) is 8.12. The van der Waals surface area contributed by atoms with Gasteiger partial charge in [-0.2, -0.15) is 0 Å². The summed E-state index contributed by atoms with van der Waals surface area (Å²) in [5.74, 6) is -1.07. The van der Waals surface area contributed by atoms with Gasteiger partial charge in [0.15, 0.2) is 11.6 Å². The van der Waals surface area contributed by atoms with Crippen molar-refractivity contribution in [2.24, 2.45) is 0 Å². The van der Waals surface area contributed by atoms with Gasteiger partial charge in [-0.25, -0.2) is 8.78 Å². The van der Waals surface area contributed by atoms with E-state index < -0.39 is 11.8 Å². The van der Waals surface area contributed by atoms with Crippen LogP contribution in [0.3, 0.4) is 0 Å². The van der Waals surface area contributed by atoms with Gasteiger partial charge in [0.05, 0.1) is 0 Å². The topological polar surface area (TPSA) is 35.5 Å². The predicted molar refractivity (Wildman–Crippen MR) is 77.6 cm³/mol. The molecule has 116 valence electrons. The number of halogens is 2. The molecule has 0 atom stereocenters. The fourth-order valence-corrected chi connectivity index (χ4v) is 1.88. The largest absolute Gasteiger partial charge is 0.487 e. The van der Waals surface area contributed by atoms with Crippen LogP contribution in [0.2, 0.25) is 0 Å². The summed E-state index contributed by atoms with van der Waals surface area (Å²) in [7, 11) is 0. The number of benzene rings is 2. The van der Waals surface area contributed by atoms with Crippen LogP contribution in [0, 0.1) is 11.6 Å². The van der Waals surface area contributed by atoms with E-state index in [1.807, 2.05) is 0 Å². The molecule has 0 amide bonds. The van der Waals surface area contributed by atoms with Gasteiger partial charge in [0.2, 0.25) is 0 Å². The first-order chi connectivity index (χ1) is 10.6. The maximum absolute atomic E-state index is 13.3. The Morgan fingerprint density at radius 3 is 2.59 bits per heavy atom. The molecule has 0 fully saturated rings. The van der Waals surface area contributed by atoms with Gasteiger partial charge in [-0.3, -0.25) is 4.79 Å². The highest BCUT2D eigenvalue weighted by Crippen LogP contribution is 2.15. The fraction of sp³-hybridized carbons (Fsp3) is 0.235. The zero-order chi connectivity index (χ0) is 15.8. The summed E-state index contributed by atoms with van der Waals surface area (Å²) in [6.07, 6.45) is 0.563. The standard InChI is InChI=1S/C17H16F2O3/c18-14-5-3-4-13(12-14)8-9-17(20)22-11-10-21-16-7-2-1-6-15(16)19/h1-7,12H,8-11H2. The third-order valence-electron chi connectivity index (χ3n) is 2.95. The van der Waals surface area contributed by atoms with Gasteiger partial charge in [0.25, 0.3) is 0 Å².